The lowest BCUT2D eigenvalue weighted by Gasteiger charge is -2.32. The largest absolute Gasteiger partial charge is 0.508 e. The molecule has 3 aliphatic rings. The molecule has 143 heavy (non-hydrogen) atoms. The molecule has 7 rings (SSSR count). The molecular weight excluding hydrogens is 1920 g/mol. The van der Waals surface area contributed by atoms with Gasteiger partial charge in [0.15, 0.2) is 11.6 Å². The maximum atomic E-state index is 15.3. The Morgan fingerprint density at radius 3 is 1.31 bits per heavy atom. The van der Waals surface area contributed by atoms with Gasteiger partial charge in [0, 0.05) is 144 Å². The van der Waals surface area contributed by atoms with Gasteiger partial charge in [-0.05, 0) is 85.0 Å². The van der Waals surface area contributed by atoms with E-state index in [2.05, 4.69) is 58.5 Å². The first-order valence-corrected chi connectivity index (χ1v) is 50.0. The number of hydrogen-bond acceptors (Lipinski definition) is 28. The highest BCUT2D eigenvalue weighted by molar-refractivity contribution is 7.99. The number of phenolic OH excluding ortho intramolecular Hbond substituents is 1. The zero-order chi connectivity index (χ0) is 106. The summed E-state index contributed by atoms with van der Waals surface area (Å²) in [5, 5.41) is 79.0. The molecule has 16 amide bonds. The zero-order valence-corrected chi connectivity index (χ0v) is 82.6. The number of carboxylic acids is 4. The number of Topliss-reactive ketones (excluding diaryl/α,β-unsaturated/α-hetero) is 3. The van der Waals surface area contributed by atoms with Gasteiger partial charge in [0.1, 0.15) is 65.9 Å². The van der Waals surface area contributed by atoms with Crippen LogP contribution >= 0.6 is 35.3 Å². The van der Waals surface area contributed by atoms with Crippen LogP contribution in [0.15, 0.2) is 97.1 Å². The Morgan fingerprint density at radius 2 is 0.818 bits per heavy atom. The number of fused-ring (bicyclic) bond motifs is 10. The van der Waals surface area contributed by atoms with Crippen LogP contribution in [0.25, 0.3) is 10.8 Å². The fourth-order valence-corrected chi connectivity index (χ4v) is 18.8. The van der Waals surface area contributed by atoms with Crippen LogP contribution < -0.4 is 75.7 Å². The molecule has 0 radical (unpaired) electrons. The van der Waals surface area contributed by atoms with Crippen LogP contribution in [0, 0.1) is 23.2 Å². The molecule has 3 heterocycles. The number of carbonyl (C=O) groups excluding carboxylic acids is 19. The summed E-state index contributed by atoms with van der Waals surface area (Å²) in [6, 6.07) is 2.87. The molecule has 778 valence electrons. The van der Waals surface area contributed by atoms with Gasteiger partial charge in [-0.2, -0.15) is 35.3 Å². The van der Waals surface area contributed by atoms with E-state index in [1.54, 1.807) is 48.5 Å². The first kappa shape index (κ1) is 116. The summed E-state index contributed by atoms with van der Waals surface area (Å²) in [7, 11) is 0. The molecule has 45 nitrogen and oxygen atoms in total. The van der Waals surface area contributed by atoms with E-state index in [4.69, 9.17) is 17.2 Å². The van der Waals surface area contributed by atoms with Gasteiger partial charge in [-0.1, -0.05) is 106 Å². The molecule has 3 saturated heterocycles. The summed E-state index contributed by atoms with van der Waals surface area (Å²) < 4.78 is 0. The molecule has 15 atom stereocenters. The predicted molar refractivity (Wildman–Crippen MR) is 521 cm³/mol. The molecule has 22 N–H and O–H groups in total. The summed E-state index contributed by atoms with van der Waals surface area (Å²) in [5.41, 5.74) is 17.2. The Bertz CT molecular complexity index is 5300. The molecule has 48 heteroatoms. The molecule has 0 aliphatic carbocycles. The quantitative estimate of drug-likeness (QED) is 0.0405. The van der Waals surface area contributed by atoms with Gasteiger partial charge in [-0.25, -0.2) is 0 Å². The van der Waals surface area contributed by atoms with Gasteiger partial charge in [-0.3, -0.25) is 110 Å². The van der Waals surface area contributed by atoms with Crippen molar-refractivity contribution in [2.24, 2.45) is 40.4 Å². The number of nitrogens with one attached hydrogen (secondary N) is 11. The van der Waals surface area contributed by atoms with E-state index in [-0.39, 0.29) is 105 Å². The minimum absolute atomic E-state index is 0.0263. The van der Waals surface area contributed by atoms with E-state index in [9.17, 15) is 121 Å². The van der Waals surface area contributed by atoms with Crippen molar-refractivity contribution in [3.05, 3.63) is 114 Å². The maximum absolute atomic E-state index is 15.3. The van der Waals surface area contributed by atoms with E-state index in [0.29, 0.717) is 21.9 Å². The Balaban J connectivity index is 1.36. The first-order chi connectivity index (χ1) is 67.5. The van der Waals surface area contributed by atoms with Crippen molar-refractivity contribution < 1.29 is 136 Å². The number of amides is 16. The van der Waals surface area contributed by atoms with Crippen molar-refractivity contribution in [2.45, 2.75) is 217 Å². The van der Waals surface area contributed by atoms with Crippen LogP contribution in [0.5, 0.6) is 5.75 Å². The van der Waals surface area contributed by atoms with E-state index >= 15 is 14.4 Å². The number of aromatic hydroxyl groups is 1. The van der Waals surface area contributed by atoms with Gasteiger partial charge >= 0.3 is 23.9 Å². The number of carboxylic acid groups (broad SMARTS) is 4. The Hall–Kier alpha value is -13.6. The second-order valence-corrected chi connectivity index (χ2v) is 39.8. The number of phenols is 1. The monoisotopic (exact) mass is 2050 g/mol. The van der Waals surface area contributed by atoms with Crippen molar-refractivity contribution in [1.82, 2.24) is 73.2 Å². The maximum Gasteiger partial charge on any atom is 0.305 e. The summed E-state index contributed by atoms with van der Waals surface area (Å²) in [5.74, 6) is -31.6. The van der Waals surface area contributed by atoms with Crippen molar-refractivity contribution in [3.63, 3.8) is 0 Å². The highest BCUT2D eigenvalue weighted by Gasteiger charge is 2.42. The number of aliphatic carboxylic acids is 4. The number of nitrogens with zero attached hydrogens (tertiary/aromatic N) is 3. The second-order valence-electron chi connectivity index (χ2n) is 36.3. The second kappa shape index (κ2) is 56.9. The first-order valence-electron chi connectivity index (χ1n) is 46.5. The summed E-state index contributed by atoms with van der Waals surface area (Å²) in [4.78, 5) is 331. The summed E-state index contributed by atoms with van der Waals surface area (Å²) >= 11 is 2.93. The SMILES string of the molecule is C[C@H](N)C(=O)C[C@H]1CSCCC(=O)N2CCN3CCN(CC2)C(=O)CCSC[C@H](NC(=O)[C@@H](C)NC(=O)[C@H](Cc2cccc4ccccc24)CC(=O)[C@H](CCC(=O)O)NC(=O)[C@H](CC(N)=O)NC(=O)[C@@H](C)NC1=O)C(=O)N[C@@H](CCC(=O)O)C(=O)N[C@@H](CC(=O)O)C(=O)N[C@@H](Cc1ccccc1)C(=O)N[C@@H](Cc1ccc(O)cc1)C(=O)N[C@@H](CC(=O)O)C(=O)N[C@@H](C(C)(C)C)C(=O)C[C@H](C(N)=O)CSCCC3=O. The third kappa shape index (κ3) is 39.0. The van der Waals surface area contributed by atoms with Crippen molar-refractivity contribution >= 4 is 182 Å². The van der Waals surface area contributed by atoms with Gasteiger partial charge in [0.05, 0.1) is 49.2 Å². The van der Waals surface area contributed by atoms with Crippen LogP contribution in [0.4, 0.5) is 0 Å². The average molecular weight is 2050 g/mol. The van der Waals surface area contributed by atoms with Crippen LogP contribution in [0.1, 0.15) is 142 Å². The van der Waals surface area contributed by atoms with Gasteiger partial charge in [0.25, 0.3) is 0 Å². The number of hydrogen-bond donors (Lipinski definition) is 19. The van der Waals surface area contributed by atoms with Crippen LogP contribution in [0.2, 0.25) is 0 Å². The van der Waals surface area contributed by atoms with E-state index < -0.39 is 314 Å². The lowest BCUT2D eigenvalue weighted by Crippen LogP contribution is -2.61. The molecule has 3 aliphatic heterocycles. The molecule has 3 fully saturated rings. The molecule has 0 unspecified atom stereocenters. The Morgan fingerprint density at radius 1 is 0.406 bits per heavy atom. The molecule has 0 spiro atoms. The lowest BCUT2D eigenvalue weighted by molar-refractivity contribution is -0.142. The van der Waals surface area contributed by atoms with E-state index in [0.717, 1.165) is 42.2 Å². The van der Waals surface area contributed by atoms with Crippen molar-refractivity contribution in [3.8, 4) is 5.75 Å². The number of benzene rings is 4. The van der Waals surface area contributed by atoms with Crippen LogP contribution in [0.3, 0.4) is 0 Å². The normalized spacial score (nSPS) is 24.7. The molecule has 4 aromatic carbocycles. The smallest absolute Gasteiger partial charge is 0.305 e. The lowest BCUT2D eigenvalue weighted by atomic mass is 9.81. The number of nitrogens with two attached hydrogens (primary N) is 3. The summed E-state index contributed by atoms with van der Waals surface area (Å²) in [6.07, 6.45) is -10.9. The van der Waals surface area contributed by atoms with Gasteiger partial charge in [0.2, 0.25) is 94.5 Å². The van der Waals surface area contributed by atoms with Gasteiger partial charge in [-0.15, -0.1) is 0 Å². The summed E-state index contributed by atoms with van der Waals surface area (Å²) in [6.45, 7) is 7.43. The predicted octanol–water partition coefficient (Wildman–Crippen LogP) is -2.00. The number of carbonyl (C=O) groups is 23. The standard InChI is InChI=1S/C95H127N17O28S3/c1-51(96)71(114)44-60-49-142-37-28-76(119)111-31-30-110-32-34-112(35-33-111)77(120)29-38-143-50-70(108-85(131)53(3)99-86(132)58(41-57-17-12-16-56-15-10-11-18-62(56)57)42-72(115)63(23-25-78(121)122)101-91(137)67(45-74(97)117)103-84(130)52(2)100-87(60)133)94(140)102-64(24-26-79(123)124)88(134)106-68(46-80(125)126)92(138)105-65(39-54-13-8-7-9-14-54)89(135)104-66(40-55-19-21-61(113)22-20-55)90(136)107-69(47-81(127)128)93(139)109-82(95(4,5)6)73(116)43-59(83(98)129)48-141-36-27-75(110)118/h7-22,51-53,58-60,63-70,82,113H,23-50,96H2,1-6H3,(H2,97,117)(H2,98,129)(H,99,132)(H,100,133)(H,101,137)(H,102,140)(H,103,130)(H,104,135)(H,105,138)(H,106,134)(H,107,136)(H,108,131)(H,109,139)(H,121,122)(H,123,124)(H,125,126)(H,127,128)/t51-,52+,53+,58+,59-,60-,63-,64-,65-,66-,67-,68-,69-,70-,82+/m0/s1. The van der Waals surface area contributed by atoms with Gasteiger partial charge < -0.3 is 116 Å². The topological polar surface area (TPSA) is 714 Å². The van der Waals surface area contributed by atoms with Crippen molar-refractivity contribution in [2.75, 3.05) is 73.8 Å². The highest BCUT2D eigenvalue weighted by atomic mass is 32.2. The zero-order valence-electron chi connectivity index (χ0n) is 80.1. The Kier molecular flexibility index (Phi) is 46.3. The molecule has 4 bridgehead atoms. The molecule has 0 aromatic heterocycles. The molecule has 4 aromatic rings. The van der Waals surface area contributed by atoms with E-state index in [1.165, 1.54) is 97.8 Å². The molecular formula is C95H127N17O28S3. The Labute approximate surface area is 836 Å². The average Bonchev–Trinajstić information content (AvgIpc) is 1.02. The molecule has 0 saturated carbocycles. The van der Waals surface area contributed by atoms with E-state index in [1.807, 2.05) is 0 Å². The third-order valence-electron chi connectivity index (χ3n) is 23.9. The number of primary amides is 2. The fraction of sp³-hybridized carbons (Fsp3) is 0.526. The third-order valence-corrected chi connectivity index (χ3v) is 27.2. The number of rotatable bonds is 22. The number of thioether (sulfide) groups is 3. The number of ketones is 3. The minimum atomic E-state index is -2.26. The van der Waals surface area contributed by atoms with Crippen LogP contribution in [-0.4, -0.2) is 322 Å². The van der Waals surface area contributed by atoms with Crippen LogP contribution in [-0.2, 0) is 130 Å². The highest BCUT2D eigenvalue weighted by Crippen LogP contribution is 2.28. The minimum Gasteiger partial charge on any atom is -0.508 e. The van der Waals surface area contributed by atoms with Crippen molar-refractivity contribution in [1.29, 1.82) is 0 Å². The fourth-order valence-electron chi connectivity index (χ4n) is 15.7.